The van der Waals surface area contributed by atoms with Crippen LogP contribution in [-0.2, 0) is 0 Å². The molecule has 0 atom stereocenters. The monoisotopic (exact) mass is 512 g/mol. The molecule has 0 N–H and O–H groups in total. The SMILES string of the molecule is c1ccc(-c2nc(-c3ccccc3)nc(-c3ccc4ccc(-c5ccc(-c6ccncc6)cc5)cc4c3)n2)cc1. The van der Waals surface area contributed by atoms with Crippen molar-refractivity contribution in [3.05, 3.63) is 146 Å². The third-order valence-electron chi connectivity index (χ3n) is 7.03. The number of hydrogen-bond acceptors (Lipinski definition) is 4. The average molecular weight is 513 g/mol. The highest BCUT2D eigenvalue weighted by molar-refractivity contribution is 5.90. The van der Waals surface area contributed by atoms with Crippen LogP contribution in [0.15, 0.2) is 146 Å². The standard InChI is InChI=1S/C36H24N4/c1-3-7-29(8-4-1)34-38-35(30-9-5-2-6-10-30)40-36(39-34)32-18-16-27-15-17-31(23-33(27)24-32)26-13-11-25(12-14-26)28-19-21-37-22-20-28/h1-24H. The molecule has 0 fully saturated rings. The molecule has 0 saturated carbocycles. The van der Waals surface area contributed by atoms with Gasteiger partial charge in [0.25, 0.3) is 0 Å². The van der Waals surface area contributed by atoms with Crippen molar-refractivity contribution in [1.29, 1.82) is 0 Å². The van der Waals surface area contributed by atoms with Crippen LogP contribution < -0.4 is 0 Å². The molecule has 0 bridgehead atoms. The number of rotatable bonds is 5. The Morgan fingerprint density at radius 3 is 1.30 bits per heavy atom. The number of aromatic nitrogens is 4. The Labute approximate surface area is 232 Å². The molecule has 4 nitrogen and oxygen atoms in total. The molecule has 7 rings (SSSR count). The molecular formula is C36H24N4. The maximum absolute atomic E-state index is 4.90. The van der Waals surface area contributed by atoms with Gasteiger partial charge in [-0.3, -0.25) is 4.98 Å². The van der Waals surface area contributed by atoms with Crippen molar-refractivity contribution in [3.8, 4) is 56.4 Å². The van der Waals surface area contributed by atoms with E-state index in [1.54, 1.807) is 0 Å². The van der Waals surface area contributed by atoms with Gasteiger partial charge < -0.3 is 0 Å². The second kappa shape index (κ2) is 10.4. The molecule has 40 heavy (non-hydrogen) atoms. The smallest absolute Gasteiger partial charge is 0.164 e. The first kappa shape index (κ1) is 23.6. The highest BCUT2D eigenvalue weighted by Gasteiger charge is 2.13. The van der Waals surface area contributed by atoms with Crippen LogP contribution >= 0.6 is 0 Å². The molecule has 2 heterocycles. The normalized spacial score (nSPS) is 11.0. The van der Waals surface area contributed by atoms with E-state index in [9.17, 15) is 0 Å². The van der Waals surface area contributed by atoms with E-state index in [0.717, 1.165) is 33.2 Å². The van der Waals surface area contributed by atoms with Crippen LogP contribution in [0.5, 0.6) is 0 Å². The Morgan fingerprint density at radius 2 is 0.725 bits per heavy atom. The molecule has 2 aromatic heterocycles. The summed E-state index contributed by atoms with van der Waals surface area (Å²) in [6.45, 7) is 0. The maximum Gasteiger partial charge on any atom is 0.164 e. The van der Waals surface area contributed by atoms with Crippen molar-refractivity contribution < 1.29 is 0 Å². The predicted octanol–water partition coefficient (Wildman–Crippen LogP) is 8.75. The van der Waals surface area contributed by atoms with E-state index >= 15 is 0 Å². The summed E-state index contributed by atoms with van der Waals surface area (Å²) in [6.07, 6.45) is 3.64. The van der Waals surface area contributed by atoms with Gasteiger partial charge in [-0.2, -0.15) is 0 Å². The van der Waals surface area contributed by atoms with Crippen LogP contribution in [0.2, 0.25) is 0 Å². The fourth-order valence-electron chi connectivity index (χ4n) is 4.90. The average Bonchev–Trinajstić information content (AvgIpc) is 3.05. The molecule has 0 aliphatic carbocycles. The van der Waals surface area contributed by atoms with Gasteiger partial charge in [0.1, 0.15) is 0 Å². The zero-order valence-electron chi connectivity index (χ0n) is 21.6. The number of benzene rings is 5. The van der Waals surface area contributed by atoms with E-state index < -0.39 is 0 Å². The van der Waals surface area contributed by atoms with Crippen molar-refractivity contribution in [2.24, 2.45) is 0 Å². The quantitative estimate of drug-likeness (QED) is 0.231. The topological polar surface area (TPSA) is 51.6 Å². The molecule has 0 saturated heterocycles. The largest absolute Gasteiger partial charge is 0.265 e. The third-order valence-corrected chi connectivity index (χ3v) is 7.03. The summed E-state index contributed by atoms with van der Waals surface area (Å²) < 4.78 is 0. The van der Waals surface area contributed by atoms with Crippen LogP contribution in [0.25, 0.3) is 67.2 Å². The van der Waals surface area contributed by atoms with Gasteiger partial charge in [0.15, 0.2) is 17.5 Å². The fourth-order valence-corrected chi connectivity index (χ4v) is 4.90. The fraction of sp³-hybridized carbons (Fsp3) is 0. The predicted molar refractivity (Wildman–Crippen MR) is 162 cm³/mol. The number of hydrogen-bond donors (Lipinski definition) is 0. The van der Waals surface area contributed by atoms with E-state index in [0.29, 0.717) is 17.5 Å². The minimum absolute atomic E-state index is 0.654. The van der Waals surface area contributed by atoms with Gasteiger partial charge in [-0.1, -0.05) is 109 Å². The lowest BCUT2D eigenvalue weighted by molar-refractivity contribution is 1.07. The molecule has 188 valence electrons. The Bertz CT molecular complexity index is 1860. The lowest BCUT2D eigenvalue weighted by atomic mass is 9.98. The molecule has 5 aromatic carbocycles. The number of nitrogens with zero attached hydrogens (tertiary/aromatic N) is 4. The first-order valence-corrected chi connectivity index (χ1v) is 13.2. The highest BCUT2D eigenvalue weighted by atomic mass is 15.0. The van der Waals surface area contributed by atoms with Gasteiger partial charge in [0.2, 0.25) is 0 Å². The summed E-state index contributed by atoms with van der Waals surface area (Å²) in [4.78, 5) is 18.7. The minimum atomic E-state index is 0.654. The van der Waals surface area contributed by atoms with Gasteiger partial charge in [-0.25, -0.2) is 15.0 Å². The van der Waals surface area contributed by atoms with Gasteiger partial charge in [-0.05, 0) is 57.3 Å². The molecule has 0 aliphatic rings. The van der Waals surface area contributed by atoms with Crippen LogP contribution in [0, 0.1) is 0 Å². The first-order chi connectivity index (χ1) is 19.8. The number of pyridine rings is 1. The summed E-state index contributed by atoms with van der Waals surface area (Å²) in [5.74, 6) is 1.97. The lowest BCUT2D eigenvalue weighted by Gasteiger charge is -2.10. The zero-order valence-corrected chi connectivity index (χ0v) is 21.6. The molecule has 0 radical (unpaired) electrons. The van der Waals surface area contributed by atoms with Gasteiger partial charge in [-0.15, -0.1) is 0 Å². The maximum atomic E-state index is 4.90. The molecule has 0 aliphatic heterocycles. The summed E-state index contributed by atoms with van der Waals surface area (Å²) in [7, 11) is 0. The van der Waals surface area contributed by atoms with E-state index in [1.807, 2.05) is 85.2 Å². The first-order valence-electron chi connectivity index (χ1n) is 13.2. The molecule has 0 unspecified atom stereocenters. The second-order valence-corrected chi connectivity index (χ2v) is 9.63. The molecule has 0 amide bonds. The van der Waals surface area contributed by atoms with E-state index in [1.165, 1.54) is 16.5 Å². The Kier molecular flexibility index (Phi) is 6.11. The van der Waals surface area contributed by atoms with Crippen molar-refractivity contribution >= 4 is 10.8 Å². The summed E-state index contributed by atoms with van der Waals surface area (Å²) in [5, 5.41) is 2.30. The second-order valence-electron chi connectivity index (χ2n) is 9.63. The van der Waals surface area contributed by atoms with Crippen molar-refractivity contribution in [2.75, 3.05) is 0 Å². The van der Waals surface area contributed by atoms with Crippen molar-refractivity contribution in [3.63, 3.8) is 0 Å². The Hall–Kier alpha value is -5.48. The summed E-state index contributed by atoms with van der Waals surface area (Å²) in [5.41, 5.74) is 7.54. The molecule has 7 aromatic rings. The van der Waals surface area contributed by atoms with Crippen LogP contribution in [0.4, 0.5) is 0 Å². The number of fused-ring (bicyclic) bond motifs is 1. The van der Waals surface area contributed by atoms with Crippen molar-refractivity contribution in [2.45, 2.75) is 0 Å². The van der Waals surface area contributed by atoms with Crippen LogP contribution in [0.1, 0.15) is 0 Å². The third kappa shape index (κ3) is 4.74. The van der Waals surface area contributed by atoms with E-state index in [2.05, 4.69) is 65.6 Å². The summed E-state index contributed by atoms with van der Waals surface area (Å²) in [6, 6.07) is 45.8. The minimum Gasteiger partial charge on any atom is -0.265 e. The Balaban J connectivity index is 1.29. The van der Waals surface area contributed by atoms with E-state index in [4.69, 9.17) is 15.0 Å². The van der Waals surface area contributed by atoms with Gasteiger partial charge >= 0.3 is 0 Å². The van der Waals surface area contributed by atoms with Crippen molar-refractivity contribution in [1.82, 2.24) is 19.9 Å². The summed E-state index contributed by atoms with van der Waals surface area (Å²) >= 11 is 0. The molecule has 0 spiro atoms. The van der Waals surface area contributed by atoms with Crippen LogP contribution in [0.3, 0.4) is 0 Å². The zero-order chi connectivity index (χ0) is 26.7. The molecular weight excluding hydrogens is 488 g/mol. The van der Waals surface area contributed by atoms with Crippen LogP contribution in [-0.4, -0.2) is 19.9 Å². The van der Waals surface area contributed by atoms with E-state index in [-0.39, 0.29) is 0 Å². The van der Waals surface area contributed by atoms with Gasteiger partial charge in [0, 0.05) is 29.1 Å². The van der Waals surface area contributed by atoms with Gasteiger partial charge in [0.05, 0.1) is 0 Å². The lowest BCUT2D eigenvalue weighted by Crippen LogP contribution is -2.00. The highest BCUT2D eigenvalue weighted by Crippen LogP contribution is 2.30. The Morgan fingerprint density at radius 1 is 0.300 bits per heavy atom. The molecule has 4 heteroatoms.